The molecule has 1 saturated heterocycles. The zero-order chi connectivity index (χ0) is 18.7. The van der Waals surface area contributed by atoms with Gasteiger partial charge in [0.2, 0.25) is 0 Å². The van der Waals surface area contributed by atoms with E-state index in [-0.39, 0.29) is 23.9 Å². The largest absolute Gasteiger partial charge is 0.322 e. The van der Waals surface area contributed by atoms with E-state index in [0.29, 0.717) is 17.1 Å². The second-order valence-corrected chi connectivity index (χ2v) is 8.91. The monoisotopic (exact) mass is 396 g/mol. The van der Waals surface area contributed by atoms with Gasteiger partial charge in [-0.15, -0.1) is 0 Å². The maximum atomic E-state index is 13.1. The van der Waals surface area contributed by atoms with Crippen LogP contribution in [-0.4, -0.2) is 36.9 Å². The first kappa shape index (κ1) is 18.7. The molecular weight excluding hydrogens is 379 g/mol. The van der Waals surface area contributed by atoms with Crippen LogP contribution in [0.1, 0.15) is 12.0 Å². The highest BCUT2D eigenvalue weighted by Gasteiger charge is 2.34. The average Bonchev–Trinajstić information content (AvgIpc) is 2.96. The molecule has 26 heavy (non-hydrogen) atoms. The van der Waals surface area contributed by atoms with E-state index in [2.05, 4.69) is 5.32 Å². The van der Waals surface area contributed by atoms with E-state index in [1.807, 2.05) is 0 Å². The highest BCUT2D eigenvalue weighted by atomic mass is 35.5. The van der Waals surface area contributed by atoms with Crippen LogP contribution in [0.15, 0.2) is 48.5 Å². The number of rotatable bonds is 4. The molecule has 0 radical (unpaired) electrons. The molecule has 1 fully saturated rings. The normalized spacial score (nSPS) is 18.5. The van der Waals surface area contributed by atoms with Gasteiger partial charge in [0.25, 0.3) is 0 Å². The van der Waals surface area contributed by atoms with E-state index in [9.17, 15) is 17.6 Å². The lowest BCUT2D eigenvalue weighted by molar-refractivity contribution is 0.190. The van der Waals surface area contributed by atoms with Crippen molar-refractivity contribution in [2.75, 3.05) is 16.8 Å². The Morgan fingerprint density at radius 2 is 1.81 bits per heavy atom. The van der Waals surface area contributed by atoms with Gasteiger partial charge in [-0.1, -0.05) is 23.7 Å². The molecule has 138 valence electrons. The van der Waals surface area contributed by atoms with Gasteiger partial charge in [-0.05, 0) is 48.4 Å². The molecule has 0 aliphatic carbocycles. The molecule has 5 nitrogen and oxygen atoms in total. The Labute approximate surface area is 156 Å². The number of halogens is 2. The van der Waals surface area contributed by atoms with Crippen LogP contribution in [0.5, 0.6) is 0 Å². The summed E-state index contributed by atoms with van der Waals surface area (Å²) in [4.78, 5) is 14.3. The number of carbonyl (C=O) groups is 1. The smallest absolute Gasteiger partial charge is 0.316 e. The maximum absolute atomic E-state index is 13.1. The molecule has 3 rings (SSSR count). The van der Waals surface area contributed by atoms with Crippen molar-refractivity contribution >= 4 is 33.2 Å². The van der Waals surface area contributed by atoms with Crippen molar-refractivity contribution in [2.45, 2.75) is 19.0 Å². The van der Waals surface area contributed by atoms with Crippen molar-refractivity contribution in [3.63, 3.8) is 0 Å². The number of hydrogen-bond donors (Lipinski definition) is 1. The summed E-state index contributed by atoms with van der Waals surface area (Å²) in [7, 11) is -3.15. The molecule has 1 unspecified atom stereocenters. The van der Waals surface area contributed by atoms with Crippen LogP contribution >= 0.6 is 11.6 Å². The van der Waals surface area contributed by atoms with Crippen molar-refractivity contribution in [2.24, 2.45) is 0 Å². The molecule has 2 aromatic carbocycles. The summed E-state index contributed by atoms with van der Waals surface area (Å²) in [6.45, 7) is 0.194. The number of anilines is 1. The quantitative estimate of drug-likeness (QED) is 0.856. The number of nitrogens with one attached hydrogen (secondary N) is 1. The van der Waals surface area contributed by atoms with Gasteiger partial charge in [-0.25, -0.2) is 17.6 Å². The summed E-state index contributed by atoms with van der Waals surface area (Å²) in [5.41, 5.74) is 1.28. The Bertz CT molecular complexity index is 886. The number of sulfone groups is 1. The summed E-state index contributed by atoms with van der Waals surface area (Å²) >= 11 is 5.85. The minimum atomic E-state index is -3.15. The van der Waals surface area contributed by atoms with E-state index in [0.717, 1.165) is 5.56 Å². The second kappa shape index (κ2) is 7.63. The summed E-state index contributed by atoms with van der Waals surface area (Å²) in [6, 6.07) is 11.6. The molecule has 0 bridgehead atoms. The topological polar surface area (TPSA) is 66.5 Å². The highest BCUT2D eigenvalue weighted by Crippen LogP contribution is 2.22. The summed E-state index contributed by atoms with van der Waals surface area (Å²) in [6.07, 6.45) is 0.386. The van der Waals surface area contributed by atoms with Crippen LogP contribution in [-0.2, 0) is 16.4 Å². The SMILES string of the molecule is O=C(Nc1ccc(Cl)cc1)N(Cc1ccc(F)cc1)C1CCS(=O)(=O)C1. The molecule has 0 saturated carbocycles. The van der Waals surface area contributed by atoms with Gasteiger partial charge in [0.15, 0.2) is 9.84 Å². The fraction of sp³-hybridized carbons (Fsp3) is 0.278. The van der Waals surface area contributed by atoms with Gasteiger partial charge < -0.3 is 10.2 Å². The zero-order valence-electron chi connectivity index (χ0n) is 13.9. The number of amides is 2. The molecule has 1 N–H and O–H groups in total. The van der Waals surface area contributed by atoms with Crippen LogP contribution in [0.2, 0.25) is 5.02 Å². The van der Waals surface area contributed by atoms with Gasteiger partial charge in [-0.3, -0.25) is 0 Å². The van der Waals surface area contributed by atoms with Crippen LogP contribution in [0.4, 0.5) is 14.9 Å². The fourth-order valence-electron chi connectivity index (χ4n) is 2.90. The van der Waals surface area contributed by atoms with Gasteiger partial charge in [0, 0.05) is 23.3 Å². The van der Waals surface area contributed by atoms with E-state index >= 15 is 0 Å². The summed E-state index contributed by atoms with van der Waals surface area (Å²) in [5.74, 6) is -0.372. The van der Waals surface area contributed by atoms with Crippen molar-refractivity contribution in [1.29, 1.82) is 0 Å². The Morgan fingerprint density at radius 3 is 2.38 bits per heavy atom. The Balaban J connectivity index is 1.80. The van der Waals surface area contributed by atoms with Gasteiger partial charge in [0.05, 0.1) is 11.5 Å². The lowest BCUT2D eigenvalue weighted by atomic mass is 10.1. The Morgan fingerprint density at radius 1 is 1.15 bits per heavy atom. The molecule has 1 atom stereocenters. The summed E-state index contributed by atoms with van der Waals surface area (Å²) < 4.78 is 36.8. The lowest BCUT2D eigenvalue weighted by Crippen LogP contribution is -2.43. The predicted molar refractivity (Wildman–Crippen MR) is 99.5 cm³/mol. The number of nitrogens with zero attached hydrogens (tertiary/aromatic N) is 1. The highest BCUT2D eigenvalue weighted by molar-refractivity contribution is 7.91. The van der Waals surface area contributed by atoms with Crippen molar-refractivity contribution < 1.29 is 17.6 Å². The van der Waals surface area contributed by atoms with Crippen molar-refractivity contribution in [3.8, 4) is 0 Å². The first-order valence-corrected chi connectivity index (χ1v) is 10.3. The third-order valence-electron chi connectivity index (χ3n) is 4.27. The first-order chi connectivity index (χ1) is 12.3. The Hall–Kier alpha value is -2.12. The Kier molecular flexibility index (Phi) is 5.48. The standard InChI is InChI=1S/C18H18ClFN2O3S/c19-14-3-7-16(8-4-14)21-18(23)22(17-9-10-26(24,25)12-17)11-13-1-5-15(20)6-2-13/h1-8,17H,9-12H2,(H,21,23). The van der Waals surface area contributed by atoms with E-state index in [1.165, 1.54) is 17.0 Å². The summed E-state index contributed by atoms with van der Waals surface area (Å²) in [5, 5.41) is 3.31. The zero-order valence-corrected chi connectivity index (χ0v) is 15.4. The molecule has 0 spiro atoms. The van der Waals surface area contributed by atoms with Crippen molar-refractivity contribution in [1.82, 2.24) is 4.90 Å². The van der Waals surface area contributed by atoms with E-state index in [4.69, 9.17) is 11.6 Å². The number of hydrogen-bond acceptors (Lipinski definition) is 3. The molecular formula is C18H18ClFN2O3S. The second-order valence-electron chi connectivity index (χ2n) is 6.25. The minimum Gasteiger partial charge on any atom is -0.316 e. The third-order valence-corrected chi connectivity index (χ3v) is 6.27. The van der Waals surface area contributed by atoms with Crippen LogP contribution in [0.3, 0.4) is 0 Å². The maximum Gasteiger partial charge on any atom is 0.322 e. The van der Waals surface area contributed by atoms with Gasteiger partial charge in [-0.2, -0.15) is 0 Å². The van der Waals surface area contributed by atoms with Gasteiger partial charge >= 0.3 is 6.03 Å². The lowest BCUT2D eigenvalue weighted by Gasteiger charge is -2.28. The average molecular weight is 397 g/mol. The molecule has 2 aromatic rings. The number of benzene rings is 2. The minimum absolute atomic E-state index is 0.0613. The van der Waals surface area contributed by atoms with Crippen molar-refractivity contribution in [3.05, 3.63) is 64.9 Å². The molecule has 1 aliphatic heterocycles. The van der Waals surface area contributed by atoms with Crippen LogP contribution in [0.25, 0.3) is 0 Å². The predicted octanol–water partition coefficient (Wildman–Crippen LogP) is 3.70. The number of urea groups is 1. The third kappa shape index (κ3) is 4.74. The van der Waals surface area contributed by atoms with E-state index < -0.39 is 21.9 Å². The van der Waals surface area contributed by atoms with Gasteiger partial charge in [0.1, 0.15) is 5.82 Å². The molecule has 1 aliphatic rings. The fourth-order valence-corrected chi connectivity index (χ4v) is 4.76. The van der Waals surface area contributed by atoms with Crippen LogP contribution < -0.4 is 5.32 Å². The molecule has 8 heteroatoms. The van der Waals surface area contributed by atoms with Crippen LogP contribution in [0, 0.1) is 5.82 Å². The first-order valence-electron chi connectivity index (χ1n) is 8.10. The van der Waals surface area contributed by atoms with E-state index in [1.54, 1.807) is 36.4 Å². The number of carbonyl (C=O) groups excluding carboxylic acids is 1. The molecule has 1 heterocycles. The molecule has 2 amide bonds. The molecule has 0 aromatic heterocycles.